The Bertz CT molecular complexity index is 681. The zero-order chi connectivity index (χ0) is 18.5. The number of rotatable bonds is 7. The number of nitrogens with zero attached hydrogens (tertiary/aromatic N) is 3. The van der Waals surface area contributed by atoms with E-state index in [1.165, 1.54) is 43.2 Å². The summed E-state index contributed by atoms with van der Waals surface area (Å²) in [6.07, 6.45) is 6.91. The van der Waals surface area contributed by atoms with E-state index in [-0.39, 0.29) is 0 Å². The summed E-state index contributed by atoms with van der Waals surface area (Å²) in [4.78, 5) is 0. The first-order valence-corrected chi connectivity index (χ1v) is 10.3. The van der Waals surface area contributed by atoms with Gasteiger partial charge in [-0.15, -0.1) is 10.2 Å². The van der Waals surface area contributed by atoms with Crippen LogP contribution in [0.25, 0.3) is 0 Å². The van der Waals surface area contributed by atoms with Gasteiger partial charge in [-0.05, 0) is 49.7 Å². The van der Waals surface area contributed by atoms with Crippen LogP contribution in [0.4, 0.5) is 0 Å². The van der Waals surface area contributed by atoms with Crippen LogP contribution >= 0.6 is 0 Å². The second kappa shape index (κ2) is 8.81. The molecule has 1 heterocycles. The van der Waals surface area contributed by atoms with Gasteiger partial charge in [0, 0.05) is 12.6 Å². The number of hydrogen-bond donors (Lipinski definition) is 1. The second-order valence-corrected chi connectivity index (χ2v) is 8.01. The molecule has 1 saturated carbocycles. The molecule has 4 nitrogen and oxygen atoms in total. The Labute approximate surface area is 158 Å². The third-order valence-electron chi connectivity index (χ3n) is 5.85. The molecule has 0 amide bonds. The molecule has 142 valence electrons. The third kappa shape index (κ3) is 4.35. The molecule has 1 unspecified atom stereocenters. The van der Waals surface area contributed by atoms with Crippen LogP contribution in [0.15, 0.2) is 24.3 Å². The van der Waals surface area contributed by atoms with Gasteiger partial charge < -0.3 is 9.88 Å². The molecule has 1 aromatic carbocycles. The average molecular weight is 355 g/mol. The molecule has 0 bridgehead atoms. The smallest absolute Gasteiger partial charge is 0.147 e. The maximum absolute atomic E-state index is 4.34. The topological polar surface area (TPSA) is 42.7 Å². The van der Waals surface area contributed by atoms with Crippen molar-refractivity contribution in [2.24, 2.45) is 5.92 Å². The van der Waals surface area contributed by atoms with Crippen molar-refractivity contribution in [3.05, 3.63) is 47.0 Å². The van der Waals surface area contributed by atoms with Gasteiger partial charge in [0.25, 0.3) is 0 Å². The largest absolute Gasteiger partial charge is 0.314 e. The number of aryl methyl sites for hydroxylation is 1. The Morgan fingerprint density at radius 3 is 2.38 bits per heavy atom. The molecule has 1 aliphatic rings. The van der Waals surface area contributed by atoms with Crippen molar-refractivity contribution in [1.82, 2.24) is 20.1 Å². The van der Waals surface area contributed by atoms with E-state index in [2.05, 4.69) is 65.1 Å². The Morgan fingerprint density at radius 1 is 1.08 bits per heavy atom. The van der Waals surface area contributed by atoms with Gasteiger partial charge in [-0.2, -0.15) is 0 Å². The summed E-state index contributed by atoms with van der Waals surface area (Å²) in [5.41, 5.74) is 2.90. The van der Waals surface area contributed by atoms with Crippen LogP contribution in [0.2, 0.25) is 0 Å². The zero-order valence-corrected chi connectivity index (χ0v) is 16.8. The van der Waals surface area contributed by atoms with Crippen LogP contribution in [0, 0.1) is 12.8 Å². The lowest BCUT2D eigenvalue weighted by atomic mass is 9.83. The summed E-state index contributed by atoms with van der Waals surface area (Å²) in [5, 5.41) is 12.3. The van der Waals surface area contributed by atoms with Crippen LogP contribution in [0.3, 0.4) is 0 Å². The highest BCUT2D eigenvalue weighted by atomic mass is 15.3. The first kappa shape index (κ1) is 19.1. The Kier molecular flexibility index (Phi) is 6.47. The zero-order valence-electron chi connectivity index (χ0n) is 16.8. The van der Waals surface area contributed by atoms with Crippen LogP contribution in [0.5, 0.6) is 0 Å². The molecule has 0 spiro atoms. The van der Waals surface area contributed by atoms with Crippen LogP contribution in [0.1, 0.15) is 87.6 Å². The van der Waals surface area contributed by atoms with Gasteiger partial charge in [-0.25, -0.2) is 0 Å². The number of aromatic nitrogens is 3. The van der Waals surface area contributed by atoms with Crippen molar-refractivity contribution in [1.29, 1.82) is 0 Å². The molecule has 26 heavy (non-hydrogen) atoms. The van der Waals surface area contributed by atoms with Crippen LogP contribution in [-0.4, -0.2) is 14.8 Å². The van der Waals surface area contributed by atoms with E-state index >= 15 is 0 Å². The van der Waals surface area contributed by atoms with E-state index in [0.717, 1.165) is 30.7 Å². The molecule has 1 aliphatic carbocycles. The fourth-order valence-electron chi connectivity index (χ4n) is 4.32. The fourth-order valence-corrected chi connectivity index (χ4v) is 4.32. The van der Waals surface area contributed by atoms with E-state index in [1.807, 2.05) is 6.92 Å². The van der Waals surface area contributed by atoms with Gasteiger partial charge in [0.1, 0.15) is 11.6 Å². The molecule has 1 fully saturated rings. The van der Waals surface area contributed by atoms with E-state index in [0.29, 0.717) is 12.0 Å². The molecule has 0 radical (unpaired) electrons. The van der Waals surface area contributed by atoms with Crippen LogP contribution in [-0.2, 0) is 13.1 Å². The highest BCUT2D eigenvalue weighted by Gasteiger charge is 2.19. The molecular formula is C22H34N4. The van der Waals surface area contributed by atoms with E-state index in [1.54, 1.807) is 0 Å². The summed E-state index contributed by atoms with van der Waals surface area (Å²) in [5.74, 6) is 3.31. The standard InChI is InChI=1S/C22H34N4/c1-5-26-17(4)24-25-21(26)15-23-22(16(2)3)20-13-11-19(12-14-20)18-9-7-6-8-10-18/h11-14,16,18,22-23H,5-10,15H2,1-4H3. The average Bonchev–Trinajstić information content (AvgIpc) is 3.02. The van der Waals surface area contributed by atoms with Gasteiger partial charge in [0.2, 0.25) is 0 Å². The minimum Gasteiger partial charge on any atom is -0.314 e. The van der Waals surface area contributed by atoms with E-state index < -0.39 is 0 Å². The predicted octanol–water partition coefficient (Wildman–Crippen LogP) is 5.14. The highest BCUT2D eigenvalue weighted by Crippen LogP contribution is 2.33. The molecule has 1 N–H and O–H groups in total. The van der Waals surface area contributed by atoms with Crippen molar-refractivity contribution in [3.8, 4) is 0 Å². The lowest BCUT2D eigenvalue weighted by Gasteiger charge is -2.25. The van der Waals surface area contributed by atoms with Gasteiger partial charge in [-0.3, -0.25) is 0 Å². The molecule has 1 aromatic heterocycles. The van der Waals surface area contributed by atoms with Crippen molar-refractivity contribution in [3.63, 3.8) is 0 Å². The van der Waals surface area contributed by atoms with Crippen molar-refractivity contribution >= 4 is 0 Å². The number of hydrogen-bond acceptors (Lipinski definition) is 3. The van der Waals surface area contributed by atoms with Gasteiger partial charge in [0.05, 0.1) is 6.54 Å². The van der Waals surface area contributed by atoms with Crippen LogP contribution < -0.4 is 5.32 Å². The van der Waals surface area contributed by atoms with E-state index in [4.69, 9.17) is 0 Å². The Balaban J connectivity index is 1.69. The third-order valence-corrected chi connectivity index (χ3v) is 5.85. The molecule has 0 saturated heterocycles. The second-order valence-electron chi connectivity index (χ2n) is 8.01. The van der Waals surface area contributed by atoms with E-state index in [9.17, 15) is 0 Å². The predicted molar refractivity (Wildman–Crippen MR) is 107 cm³/mol. The van der Waals surface area contributed by atoms with Gasteiger partial charge in [-0.1, -0.05) is 57.4 Å². The summed E-state index contributed by atoms with van der Waals surface area (Å²) < 4.78 is 2.18. The maximum atomic E-state index is 4.34. The van der Waals surface area contributed by atoms with Crippen molar-refractivity contribution < 1.29 is 0 Å². The van der Waals surface area contributed by atoms with Gasteiger partial charge in [0.15, 0.2) is 0 Å². The highest BCUT2D eigenvalue weighted by molar-refractivity contribution is 5.28. The summed E-state index contributed by atoms with van der Waals surface area (Å²) in [7, 11) is 0. The Hall–Kier alpha value is -1.68. The molecule has 2 aromatic rings. The number of nitrogens with one attached hydrogen (secondary N) is 1. The monoisotopic (exact) mass is 354 g/mol. The molecule has 3 rings (SSSR count). The number of benzene rings is 1. The SMILES string of the molecule is CCn1c(C)nnc1CNC(c1ccc(C2CCCCC2)cc1)C(C)C. The first-order chi connectivity index (χ1) is 12.6. The lowest BCUT2D eigenvalue weighted by molar-refractivity contribution is 0.401. The lowest BCUT2D eigenvalue weighted by Crippen LogP contribution is -2.27. The fraction of sp³-hybridized carbons (Fsp3) is 0.636. The minimum absolute atomic E-state index is 0.331. The minimum atomic E-state index is 0.331. The summed E-state index contributed by atoms with van der Waals surface area (Å²) in [6, 6.07) is 9.72. The molecular weight excluding hydrogens is 320 g/mol. The maximum Gasteiger partial charge on any atom is 0.147 e. The van der Waals surface area contributed by atoms with Crippen molar-refractivity contribution in [2.45, 2.75) is 84.8 Å². The quantitative estimate of drug-likeness (QED) is 0.748. The summed E-state index contributed by atoms with van der Waals surface area (Å²) >= 11 is 0. The molecule has 1 atom stereocenters. The molecule has 4 heteroatoms. The summed E-state index contributed by atoms with van der Waals surface area (Å²) in [6.45, 7) is 10.4. The normalized spacial score (nSPS) is 17.0. The van der Waals surface area contributed by atoms with Gasteiger partial charge >= 0.3 is 0 Å². The van der Waals surface area contributed by atoms with Crippen molar-refractivity contribution in [2.75, 3.05) is 0 Å². The molecule has 0 aliphatic heterocycles. The first-order valence-electron chi connectivity index (χ1n) is 10.3. The Morgan fingerprint density at radius 2 is 1.77 bits per heavy atom.